The first-order valence-corrected chi connectivity index (χ1v) is 7.86. The third-order valence-corrected chi connectivity index (χ3v) is 5.44. The number of hydrogen-bond acceptors (Lipinski definition) is 5. The van der Waals surface area contributed by atoms with Crippen LogP contribution in [0, 0.1) is 27.9 Å². The average Bonchev–Trinajstić information content (AvgIpc) is 2.84. The molecule has 0 aliphatic heterocycles. The lowest BCUT2D eigenvalue weighted by molar-refractivity contribution is -0.394. The van der Waals surface area contributed by atoms with Gasteiger partial charge in [0.15, 0.2) is 0 Å². The number of carbonyl (C=O) groups is 1. The fourth-order valence-electron chi connectivity index (χ4n) is 5.19. The van der Waals surface area contributed by atoms with Gasteiger partial charge >= 0.3 is 5.95 Å². The van der Waals surface area contributed by atoms with Crippen LogP contribution in [0.2, 0.25) is 0 Å². The minimum absolute atomic E-state index is 0.0113. The van der Waals surface area contributed by atoms with E-state index in [-0.39, 0.29) is 18.0 Å². The molecular weight excluding hydrogens is 286 g/mol. The first-order valence-electron chi connectivity index (χ1n) is 7.86. The minimum Gasteiger partial charge on any atom is -0.390 e. The van der Waals surface area contributed by atoms with Gasteiger partial charge in [0.25, 0.3) is 0 Å². The van der Waals surface area contributed by atoms with Crippen molar-refractivity contribution in [3.63, 3.8) is 0 Å². The van der Waals surface area contributed by atoms with Crippen molar-refractivity contribution < 1.29 is 9.72 Å². The van der Waals surface area contributed by atoms with Crippen molar-refractivity contribution in [2.45, 2.75) is 50.6 Å². The van der Waals surface area contributed by atoms with E-state index in [1.807, 2.05) is 0 Å². The zero-order valence-corrected chi connectivity index (χ0v) is 12.3. The Morgan fingerprint density at radius 3 is 2.41 bits per heavy atom. The van der Waals surface area contributed by atoms with E-state index in [1.165, 1.54) is 30.3 Å². The Morgan fingerprint density at radius 1 is 1.32 bits per heavy atom. The third-order valence-electron chi connectivity index (χ3n) is 5.44. The summed E-state index contributed by atoms with van der Waals surface area (Å²) in [6.45, 7) is -0.0113. The van der Waals surface area contributed by atoms with Crippen molar-refractivity contribution in [2.24, 2.45) is 17.8 Å². The normalized spacial score (nSPS) is 35.5. The van der Waals surface area contributed by atoms with Gasteiger partial charge in [0.1, 0.15) is 6.54 Å². The molecule has 0 spiro atoms. The highest BCUT2D eigenvalue weighted by Crippen LogP contribution is 2.55. The van der Waals surface area contributed by atoms with E-state index in [9.17, 15) is 14.9 Å². The largest absolute Gasteiger partial charge is 0.490 e. The average molecular weight is 305 g/mol. The highest BCUT2D eigenvalue weighted by atomic mass is 16.6. The molecule has 22 heavy (non-hydrogen) atoms. The van der Waals surface area contributed by atoms with Crippen molar-refractivity contribution in [3.05, 3.63) is 16.4 Å². The van der Waals surface area contributed by atoms with Crippen LogP contribution in [0.3, 0.4) is 0 Å². The molecule has 0 saturated heterocycles. The maximum atomic E-state index is 12.3. The van der Waals surface area contributed by atoms with E-state index >= 15 is 0 Å². The SMILES string of the molecule is O=C(Cn1cnc([N+](=O)[O-])n1)NC12CC3CC(CC(C3)C1)C2. The molecule has 1 heterocycles. The van der Waals surface area contributed by atoms with E-state index in [4.69, 9.17) is 0 Å². The minimum atomic E-state index is -0.659. The number of hydrogen-bond donors (Lipinski definition) is 1. The molecule has 5 rings (SSSR count). The fourth-order valence-corrected chi connectivity index (χ4v) is 5.19. The molecule has 4 aliphatic rings. The molecule has 0 aromatic carbocycles. The maximum absolute atomic E-state index is 12.3. The zero-order chi connectivity index (χ0) is 15.3. The van der Waals surface area contributed by atoms with Crippen LogP contribution in [-0.4, -0.2) is 31.1 Å². The number of amides is 1. The van der Waals surface area contributed by atoms with Crippen LogP contribution in [0.5, 0.6) is 0 Å². The summed E-state index contributed by atoms with van der Waals surface area (Å²) in [5.74, 6) is 1.70. The molecule has 4 saturated carbocycles. The molecule has 1 aromatic rings. The van der Waals surface area contributed by atoms with Gasteiger partial charge in [0, 0.05) is 10.6 Å². The molecule has 1 amide bonds. The van der Waals surface area contributed by atoms with Crippen LogP contribution in [0.25, 0.3) is 0 Å². The molecule has 8 heteroatoms. The van der Waals surface area contributed by atoms with E-state index < -0.39 is 10.9 Å². The Labute approximate surface area is 127 Å². The lowest BCUT2D eigenvalue weighted by Gasteiger charge is -2.56. The first kappa shape index (κ1) is 13.7. The number of aromatic nitrogens is 3. The van der Waals surface area contributed by atoms with Crippen LogP contribution in [-0.2, 0) is 11.3 Å². The molecule has 8 nitrogen and oxygen atoms in total. The van der Waals surface area contributed by atoms with Gasteiger partial charge in [0.05, 0.1) is 0 Å². The molecule has 0 radical (unpaired) electrons. The molecule has 0 atom stereocenters. The third kappa shape index (κ3) is 2.36. The topological polar surface area (TPSA) is 103 Å². The molecular formula is C14H19N5O3. The molecule has 4 bridgehead atoms. The van der Waals surface area contributed by atoms with Gasteiger partial charge in [-0.1, -0.05) is 4.98 Å². The summed E-state index contributed by atoms with van der Waals surface area (Å²) in [7, 11) is 0. The van der Waals surface area contributed by atoms with Gasteiger partial charge in [-0.3, -0.25) is 4.79 Å². The van der Waals surface area contributed by atoms with Crippen molar-refractivity contribution in [1.82, 2.24) is 20.1 Å². The van der Waals surface area contributed by atoms with E-state index in [0.717, 1.165) is 37.0 Å². The summed E-state index contributed by atoms with van der Waals surface area (Å²) in [5.41, 5.74) is -0.0433. The predicted octanol–water partition coefficient (Wildman–Crippen LogP) is 1.27. The highest BCUT2D eigenvalue weighted by Gasteiger charge is 2.51. The Balaban J connectivity index is 1.42. The second-order valence-corrected chi connectivity index (χ2v) is 7.25. The lowest BCUT2D eigenvalue weighted by Crippen LogP contribution is -2.60. The Morgan fingerprint density at radius 2 is 1.91 bits per heavy atom. The molecule has 4 aliphatic carbocycles. The highest BCUT2D eigenvalue weighted by molar-refractivity contribution is 5.76. The van der Waals surface area contributed by atoms with E-state index in [1.54, 1.807) is 0 Å². The van der Waals surface area contributed by atoms with Gasteiger partial charge in [-0.15, -0.1) is 0 Å². The summed E-state index contributed by atoms with van der Waals surface area (Å²) in [6.07, 6.45) is 8.46. The molecule has 1 N–H and O–H groups in total. The number of rotatable bonds is 4. The monoisotopic (exact) mass is 305 g/mol. The second-order valence-electron chi connectivity index (χ2n) is 7.25. The zero-order valence-electron chi connectivity index (χ0n) is 12.3. The van der Waals surface area contributed by atoms with Gasteiger partial charge in [-0.05, 0) is 61.2 Å². The van der Waals surface area contributed by atoms with Crippen LogP contribution < -0.4 is 5.32 Å². The number of nitrogens with one attached hydrogen (secondary N) is 1. The van der Waals surface area contributed by atoms with Crippen LogP contribution in [0.4, 0.5) is 5.95 Å². The van der Waals surface area contributed by atoms with E-state index in [0.29, 0.717) is 0 Å². The molecule has 4 fully saturated rings. The Kier molecular flexibility index (Phi) is 2.95. The van der Waals surface area contributed by atoms with Crippen LogP contribution >= 0.6 is 0 Å². The quantitative estimate of drug-likeness (QED) is 0.666. The summed E-state index contributed by atoms with van der Waals surface area (Å²) >= 11 is 0. The van der Waals surface area contributed by atoms with Crippen molar-refractivity contribution in [1.29, 1.82) is 0 Å². The summed E-state index contributed by atoms with van der Waals surface area (Å²) in [5, 5.41) is 17.5. The summed E-state index contributed by atoms with van der Waals surface area (Å²) in [4.78, 5) is 25.8. The first-order chi connectivity index (χ1) is 10.5. The van der Waals surface area contributed by atoms with E-state index in [2.05, 4.69) is 15.4 Å². The predicted molar refractivity (Wildman–Crippen MR) is 75.7 cm³/mol. The van der Waals surface area contributed by atoms with Gasteiger partial charge in [0.2, 0.25) is 12.2 Å². The van der Waals surface area contributed by atoms with Crippen molar-refractivity contribution in [3.8, 4) is 0 Å². The van der Waals surface area contributed by atoms with Crippen molar-refractivity contribution in [2.75, 3.05) is 0 Å². The number of carbonyl (C=O) groups excluding carboxylic acids is 1. The summed E-state index contributed by atoms with van der Waals surface area (Å²) in [6, 6.07) is 0. The Bertz CT molecular complexity index is 590. The van der Waals surface area contributed by atoms with Gasteiger partial charge < -0.3 is 15.4 Å². The number of nitro groups is 1. The van der Waals surface area contributed by atoms with Crippen LogP contribution in [0.1, 0.15) is 38.5 Å². The maximum Gasteiger partial charge on any atom is 0.490 e. The summed E-state index contributed by atoms with van der Waals surface area (Å²) < 4.78 is 1.23. The van der Waals surface area contributed by atoms with Gasteiger partial charge in [-0.25, -0.2) is 0 Å². The smallest absolute Gasteiger partial charge is 0.390 e. The second kappa shape index (κ2) is 4.76. The standard InChI is InChI=1S/C14H19N5O3/c20-12(7-18-8-15-13(17-18)19(21)22)16-14-4-9-1-10(5-14)3-11(2-9)6-14/h8-11H,1-7H2,(H,16,20). The van der Waals surface area contributed by atoms with Gasteiger partial charge in [-0.2, -0.15) is 4.68 Å². The fraction of sp³-hybridized carbons (Fsp3) is 0.786. The molecule has 118 valence electrons. The lowest BCUT2D eigenvalue weighted by atomic mass is 9.53. The molecule has 1 aromatic heterocycles. The Hall–Kier alpha value is -1.99. The van der Waals surface area contributed by atoms with Crippen molar-refractivity contribution >= 4 is 11.9 Å². The molecule has 0 unspecified atom stereocenters. The van der Waals surface area contributed by atoms with Crippen LogP contribution in [0.15, 0.2) is 6.33 Å². The number of nitrogens with zero attached hydrogens (tertiary/aromatic N) is 4.